The Kier molecular flexibility index (Phi) is 15.6. The first-order valence-corrected chi connectivity index (χ1v) is 24.1. The number of unbranched alkanes of at least 4 members (excludes halogenated alkanes) is 11. The van der Waals surface area contributed by atoms with Crippen LogP contribution in [0, 0.1) is 56.2 Å². The van der Waals surface area contributed by atoms with E-state index in [4.69, 9.17) is 9.47 Å². The van der Waals surface area contributed by atoms with Gasteiger partial charge in [0.2, 0.25) is 0 Å². The van der Waals surface area contributed by atoms with Gasteiger partial charge in [-0.3, -0.25) is 4.79 Å². The molecule has 55 heavy (non-hydrogen) atoms. The zero-order chi connectivity index (χ0) is 40.0. The van der Waals surface area contributed by atoms with E-state index in [-0.39, 0.29) is 30.7 Å². The van der Waals surface area contributed by atoms with E-state index >= 15 is 0 Å². The highest BCUT2D eigenvalue weighted by Gasteiger charge is 2.70. The fourth-order valence-electron chi connectivity index (χ4n) is 14.5. The number of rotatable bonds is 20. The number of ether oxygens (including phenoxy) is 2. The van der Waals surface area contributed by atoms with Gasteiger partial charge in [-0.25, -0.2) is 0 Å². The number of hydrogen-bond acceptors (Lipinski definition) is 4. The van der Waals surface area contributed by atoms with Crippen molar-refractivity contribution in [1.82, 2.24) is 0 Å². The lowest BCUT2D eigenvalue weighted by molar-refractivity contribution is -0.265. The SMILES string of the molecule is CCCCCCCC/C=C\CCCCCCCC(=O)OC[C@H](O)COC1CCC2[C@]3(C)CC[C@@]4(C)[C@H]5CC(C)(C)CC[C@]5(C)CC[C@]4(C)C3CC[C@]2(C)[C@H]1C. The number of carbonyl (C=O) groups excluding carboxylic acids is 1. The van der Waals surface area contributed by atoms with Crippen LogP contribution in [0.25, 0.3) is 0 Å². The number of aliphatic hydroxyl groups is 1. The molecule has 5 fully saturated rings. The Morgan fingerprint density at radius 1 is 0.655 bits per heavy atom. The number of aliphatic hydroxyl groups excluding tert-OH is 1. The summed E-state index contributed by atoms with van der Waals surface area (Å²) in [5, 5.41) is 10.8. The molecule has 5 aliphatic carbocycles. The van der Waals surface area contributed by atoms with Gasteiger partial charge >= 0.3 is 5.97 Å². The molecule has 11 atom stereocenters. The van der Waals surface area contributed by atoms with Crippen LogP contribution in [0.3, 0.4) is 0 Å². The summed E-state index contributed by atoms with van der Waals surface area (Å²) < 4.78 is 12.0. The van der Waals surface area contributed by atoms with Crippen LogP contribution in [0.5, 0.6) is 0 Å². The van der Waals surface area contributed by atoms with Crippen LogP contribution in [0.1, 0.15) is 223 Å². The molecular formula is C51H90O4. The zero-order valence-corrected chi connectivity index (χ0v) is 37.9. The summed E-state index contributed by atoms with van der Waals surface area (Å²) in [5.41, 5.74) is 2.50. The summed E-state index contributed by atoms with van der Waals surface area (Å²) >= 11 is 0. The third-order valence-corrected chi connectivity index (χ3v) is 18.5. The molecule has 0 radical (unpaired) electrons. The summed E-state index contributed by atoms with van der Waals surface area (Å²) in [5.74, 6) is 2.65. The highest BCUT2D eigenvalue weighted by Crippen LogP contribution is 2.78. The Bertz CT molecular complexity index is 1240. The number of carbonyl (C=O) groups is 1. The Balaban J connectivity index is 0.999. The van der Waals surface area contributed by atoms with Crippen molar-refractivity contribution in [2.45, 2.75) is 235 Å². The smallest absolute Gasteiger partial charge is 0.305 e. The van der Waals surface area contributed by atoms with Gasteiger partial charge in [-0.2, -0.15) is 0 Å². The molecule has 5 saturated carbocycles. The molecule has 3 unspecified atom stereocenters. The molecule has 4 heteroatoms. The monoisotopic (exact) mass is 767 g/mol. The van der Waals surface area contributed by atoms with Gasteiger partial charge in [0.1, 0.15) is 12.7 Å². The first kappa shape index (κ1) is 45.2. The molecule has 0 aromatic carbocycles. The third kappa shape index (κ3) is 9.95. The Morgan fingerprint density at radius 3 is 1.95 bits per heavy atom. The van der Waals surface area contributed by atoms with E-state index in [2.05, 4.69) is 74.5 Å². The van der Waals surface area contributed by atoms with E-state index in [1.807, 2.05) is 0 Å². The molecule has 0 bridgehead atoms. The van der Waals surface area contributed by atoms with Crippen molar-refractivity contribution in [3.63, 3.8) is 0 Å². The molecule has 0 amide bonds. The van der Waals surface area contributed by atoms with Gasteiger partial charge in [-0.15, -0.1) is 0 Å². The maximum Gasteiger partial charge on any atom is 0.305 e. The largest absolute Gasteiger partial charge is 0.463 e. The first-order chi connectivity index (χ1) is 26.0. The fraction of sp³-hybridized carbons (Fsp3) is 0.941. The topological polar surface area (TPSA) is 55.8 Å². The fourth-order valence-corrected chi connectivity index (χ4v) is 14.5. The minimum absolute atomic E-state index is 0.0409. The summed E-state index contributed by atoms with van der Waals surface area (Å²) in [6.07, 6.45) is 35.6. The quantitative estimate of drug-likeness (QED) is 0.0762. The van der Waals surface area contributed by atoms with Crippen LogP contribution in [0.15, 0.2) is 12.2 Å². The van der Waals surface area contributed by atoms with E-state index in [0.717, 1.165) is 37.0 Å². The lowest BCUT2D eigenvalue weighted by Gasteiger charge is -2.75. The molecule has 4 nitrogen and oxygen atoms in total. The highest BCUT2D eigenvalue weighted by atomic mass is 16.5. The van der Waals surface area contributed by atoms with Gasteiger partial charge in [0.05, 0.1) is 12.7 Å². The standard InChI is InChI=1S/C51H90O4/c1-10-11-12-13-14-15-16-17-18-19-20-21-22-23-24-25-45(53)55-38-40(52)37-54-41-26-27-42-48(6,39(41)2)29-28-43-49(42,7)33-35-51(9)44-36-46(3,4)30-31-47(44,5)32-34-50(43,51)8/h17-18,39-44,52H,10-16,19-38H2,1-9H3/b18-17-/t39-,40+,41?,42?,43?,44-,47+,48+,49-,50+,51-/m0/s1. The van der Waals surface area contributed by atoms with Crippen molar-refractivity contribution >= 4 is 5.97 Å². The summed E-state index contributed by atoms with van der Waals surface area (Å²) in [4.78, 5) is 12.4. The van der Waals surface area contributed by atoms with Crippen molar-refractivity contribution in [3.8, 4) is 0 Å². The molecule has 0 aliphatic heterocycles. The zero-order valence-electron chi connectivity index (χ0n) is 37.9. The van der Waals surface area contributed by atoms with Crippen molar-refractivity contribution < 1.29 is 19.4 Å². The van der Waals surface area contributed by atoms with Gasteiger partial charge in [0.15, 0.2) is 0 Å². The summed E-state index contributed by atoms with van der Waals surface area (Å²) in [7, 11) is 0. The molecule has 0 spiro atoms. The molecule has 1 N–H and O–H groups in total. The summed E-state index contributed by atoms with van der Waals surface area (Å²) in [6.45, 7) is 23.7. The predicted octanol–water partition coefficient (Wildman–Crippen LogP) is 14.2. The molecule has 0 heterocycles. The average Bonchev–Trinajstić information content (AvgIpc) is 3.14. The Hall–Kier alpha value is -0.870. The van der Waals surface area contributed by atoms with Crippen molar-refractivity contribution in [1.29, 1.82) is 0 Å². The second-order valence-electron chi connectivity index (χ2n) is 22.5. The van der Waals surface area contributed by atoms with Crippen LogP contribution >= 0.6 is 0 Å². The van der Waals surface area contributed by atoms with E-state index in [9.17, 15) is 9.90 Å². The van der Waals surface area contributed by atoms with Gasteiger partial charge in [0, 0.05) is 6.42 Å². The van der Waals surface area contributed by atoms with E-state index < -0.39 is 6.10 Å². The molecular weight excluding hydrogens is 677 g/mol. The minimum Gasteiger partial charge on any atom is -0.463 e. The van der Waals surface area contributed by atoms with Crippen molar-refractivity contribution in [3.05, 3.63) is 12.2 Å². The van der Waals surface area contributed by atoms with Gasteiger partial charge < -0.3 is 14.6 Å². The van der Waals surface area contributed by atoms with Crippen molar-refractivity contribution in [2.24, 2.45) is 56.2 Å². The van der Waals surface area contributed by atoms with Gasteiger partial charge in [-0.1, -0.05) is 126 Å². The normalized spacial score (nSPS) is 40.1. The van der Waals surface area contributed by atoms with Crippen LogP contribution in [-0.2, 0) is 14.3 Å². The maximum atomic E-state index is 12.4. The first-order valence-electron chi connectivity index (χ1n) is 24.1. The van der Waals surface area contributed by atoms with Crippen LogP contribution in [0.4, 0.5) is 0 Å². The van der Waals surface area contributed by atoms with E-state index in [0.29, 0.717) is 39.4 Å². The van der Waals surface area contributed by atoms with Gasteiger partial charge in [-0.05, 0) is 159 Å². The number of allylic oxidation sites excluding steroid dienone is 2. The lowest BCUT2D eigenvalue weighted by atomic mass is 9.30. The average molecular weight is 767 g/mol. The lowest BCUT2D eigenvalue weighted by Crippen LogP contribution is -2.68. The third-order valence-electron chi connectivity index (χ3n) is 18.5. The molecule has 0 aromatic heterocycles. The number of esters is 1. The Morgan fingerprint density at radius 2 is 1.25 bits per heavy atom. The second-order valence-corrected chi connectivity index (χ2v) is 22.5. The van der Waals surface area contributed by atoms with Crippen molar-refractivity contribution in [2.75, 3.05) is 13.2 Å². The predicted molar refractivity (Wildman–Crippen MR) is 231 cm³/mol. The van der Waals surface area contributed by atoms with Crippen LogP contribution in [-0.4, -0.2) is 36.5 Å². The van der Waals surface area contributed by atoms with Gasteiger partial charge in [0.25, 0.3) is 0 Å². The second kappa shape index (κ2) is 19.0. The summed E-state index contributed by atoms with van der Waals surface area (Å²) in [6, 6.07) is 0. The van der Waals surface area contributed by atoms with Crippen LogP contribution < -0.4 is 0 Å². The minimum atomic E-state index is -0.762. The molecule has 318 valence electrons. The number of fused-ring (bicyclic) bond motifs is 7. The molecule has 5 aliphatic rings. The molecule has 5 rings (SSSR count). The Labute approximate surface area is 340 Å². The van der Waals surface area contributed by atoms with E-state index in [1.165, 1.54) is 135 Å². The highest BCUT2D eigenvalue weighted by molar-refractivity contribution is 5.69. The van der Waals surface area contributed by atoms with E-state index in [1.54, 1.807) is 0 Å². The molecule has 0 saturated heterocycles. The molecule has 0 aromatic rings. The maximum absolute atomic E-state index is 12.4. The van der Waals surface area contributed by atoms with Crippen LogP contribution in [0.2, 0.25) is 0 Å². The number of hydrogen-bond donors (Lipinski definition) is 1.